The van der Waals surface area contributed by atoms with E-state index in [-0.39, 0.29) is 6.04 Å². The van der Waals surface area contributed by atoms with Crippen molar-refractivity contribution in [1.29, 1.82) is 0 Å². The predicted molar refractivity (Wildman–Crippen MR) is 74.4 cm³/mol. The lowest BCUT2D eigenvalue weighted by atomic mass is 10.0. The molecule has 19 heavy (non-hydrogen) atoms. The smallest absolute Gasteiger partial charge is 0.122 e. The molecule has 0 aliphatic heterocycles. The Hall–Kier alpha value is -2.07. The lowest BCUT2D eigenvalue weighted by Crippen LogP contribution is -2.13. The highest BCUT2D eigenvalue weighted by atomic mass is 16.5. The van der Waals surface area contributed by atoms with Crippen LogP contribution in [-0.4, -0.2) is 19.2 Å². The van der Waals surface area contributed by atoms with E-state index in [2.05, 4.69) is 4.98 Å². The third-order valence-electron chi connectivity index (χ3n) is 3.00. The topological polar surface area (TPSA) is 57.4 Å². The van der Waals surface area contributed by atoms with Gasteiger partial charge in [0.1, 0.15) is 11.5 Å². The Bertz CT molecular complexity index is 507. The lowest BCUT2D eigenvalue weighted by molar-refractivity contribution is 0.393. The van der Waals surface area contributed by atoms with Gasteiger partial charge in [-0.3, -0.25) is 4.98 Å². The van der Waals surface area contributed by atoms with Crippen molar-refractivity contribution in [2.75, 3.05) is 14.2 Å². The quantitative estimate of drug-likeness (QED) is 0.894. The second-order valence-electron chi connectivity index (χ2n) is 4.31. The van der Waals surface area contributed by atoms with Gasteiger partial charge in [0.25, 0.3) is 0 Å². The summed E-state index contributed by atoms with van der Waals surface area (Å²) >= 11 is 0. The molecule has 2 rings (SSSR count). The molecule has 2 N–H and O–H groups in total. The normalized spacial score (nSPS) is 11.9. The highest BCUT2D eigenvalue weighted by molar-refractivity contribution is 5.39. The van der Waals surface area contributed by atoms with Gasteiger partial charge in [0.15, 0.2) is 0 Å². The summed E-state index contributed by atoms with van der Waals surface area (Å²) in [6.07, 6.45) is 4.22. The third-order valence-corrected chi connectivity index (χ3v) is 3.00. The van der Waals surface area contributed by atoms with Crippen LogP contribution in [0.5, 0.6) is 11.5 Å². The van der Waals surface area contributed by atoms with Crippen LogP contribution in [0.4, 0.5) is 0 Å². The molecule has 1 aromatic carbocycles. The monoisotopic (exact) mass is 258 g/mol. The molecule has 0 aliphatic rings. The van der Waals surface area contributed by atoms with Crippen molar-refractivity contribution in [2.24, 2.45) is 5.73 Å². The SMILES string of the molecule is COc1cc(CC(N)c2ccncc2)cc(OC)c1. The van der Waals surface area contributed by atoms with Gasteiger partial charge in [-0.05, 0) is 41.8 Å². The molecule has 1 atom stereocenters. The molecule has 1 aromatic heterocycles. The lowest BCUT2D eigenvalue weighted by Gasteiger charge is -2.13. The van der Waals surface area contributed by atoms with Crippen LogP contribution in [0.2, 0.25) is 0 Å². The maximum Gasteiger partial charge on any atom is 0.122 e. The molecular weight excluding hydrogens is 240 g/mol. The predicted octanol–water partition coefficient (Wildman–Crippen LogP) is 2.34. The molecule has 0 bridgehead atoms. The van der Waals surface area contributed by atoms with Crippen LogP contribution in [-0.2, 0) is 6.42 Å². The molecule has 4 heteroatoms. The van der Waals surface area contributed by atoms with Crippen LogP contribution < -0.4 is 15.2 Å². The first kappa shape index (κ1) is 13.4. The highest BCUT2D eigenvalue weighted by Crippen LogP contribution is 2.25. The highest BCUT2D eigenvalue weighted by Gasteiger charge is 2.09. The Morgan fingerprint density at radius 1 is 1.05 bits per heavy atom. The molecule has 100 valence electrons. The van der Waals surface area contributed by atoms with Crippen LogP contribution >= 0.6 is 0 Å². The van der Waals surface area contributed by atoms with Crippen LogP contribution in [0, 0.1) is 0 Å². The molecule has 0 amide bonds. The van der Waals surface area contributed by atoms with Gasteiger partial charge in [-0.25, -0.2) is 0 Å². The van der Waals surface area contributed by atoms with Gasteiger partial charge in [0.2, 0.25) is 0 Å². The number of hydrogen-bond acceptors (Lipinski definition) is 4. The van der Waals surface area contributed by atoms with Crippen molar-refractivity contribution >= 4 is 0 Å². The fraction of sp³-hybridized carbons (Fsp3) is 0.267. The molecule has 0 saturated heterocycles. The van der Waals surface area contributed by atoms with Crippen LogP contribution in [0.1, 0.15) is 17.2 Å². The van der Waals surface area contributed by atoms with E-state index >= 15 is 0 Å². The second-order valence-corrected chi connectivity index (χ2v) is 4.31. The Labute approximate surface area is 113 Å². The minimum atomic E-state index is -0.0696. The fourth-order valence-electron chi connectivity index (χ4n) is 1.97. The van der Waals surface area contributed by atoms with Crippen molar-refractivity contribution < 1.29 is 9.47 Å². The minimum absolute atomic E-state index is 0.0696. The van der Waals surface area contributed by atoms with Gasteiger partial charge in [0, 0.05) is 24.5 Å². The van der Waals surface area contributed by atoms with Crippen molar-refractivity contribution in [1.82, 2.24) is 4.98 Å². The zero-order chi connectivity index (χ0) is 13.7. The Balaban J connectivity index is 2.18. The van der Waals surface area contributed by atoms with Gasteiger partial charge in [0.05, 0.1) is 14.2 Å². The number of pyridine rings is 1. The Kier molecular flexibility index (Phi) is 4.36. The summed E-state index contributed by atoms with van der Waals surface area (Å²) in [6.45, 7) is 0. The van der Waals surface area contributed by atoms with E-state index in [1.54, 1.807) is 26.6 Å². The summed E-state index contributed by atoms with van der Waals surface area (Å²) in [6, 6.07) is 9.60. The molecular formula is C15H18N2O2. The Morgan fingerprint density at radius 3 is 2.16 bits per heavy atom. The van der Waals surface area contributed by atoms with Gasteiger partial charge in [-0.2, -0.15) is 0 Å². The van der Waals surface area contributed by atoms with Crippen LogP contribution in [0.25, 0.3) is 0 Å². The van der Waals surface area contributed by atoms with Gasteiger partial charge >= 0.3 is 0 Å². The van der Waals surface area contributed by atoms with E-state index in [1.807, 2.05) is 30.3 Å². The van der Waals surface area contributed by atoms with Crippen molar-refractivity contribution in [3.05, 3.63) is 53.9 Å². The average molecular weight is 258 g/mol. The largest absolute Gasteiger partial charge is 0.497 e. The summed E-state index contributed by atoms with van der Waals surface area (Å²) in [5, 5.41) is 0. The maximum absolute atomic E-state index is 6.20. The van der Waals surface area contributed by atoms with Gasteiger partial charge in [-0.1, -0.05) is 0 Å². The first-order valence-electron chi connectivity index (χ1n) is 6.10. The molecule has 2 aromatic rings. The van der Waals surface area contributed by atoms with E-state index in [0.29, 0.717) is 0 Å². The molecule has 0 aliphatic carbocycles. The van der Waals surface area contributed by atoms with E-state index < -0.39 is 0 Å². The summed E-state index contributed by atoms with van der Waals surface area (Å²) < 4.78 is 10.5. The number of aromatic nitrogens is 1. The summed E-state index contributed by atoms with van der Waals surface area (Å²) in [5.74, 6) is 1.55. The first-order valence-corrected chi connectivity index (χ1v) is 6.10. The van der Waals surface area contributed by atoms with Gasteiger partial charge in [-0.15, -0.1) is 0 Å². The molecule has 0 radical (unpaired) electrons. The molecule has 1 heterocycles. The van der Waals surface area contributed by atoms with E-state index in [1.165, 1.54) is 0 Å². The number of benzene rings is 1. The number of rotatable bonds is 5. The summed E-state index contributed by atoms with van der Waals surface area (Å²) in [7, 11) is 3.28. The Morgan fingerprint density at radius 2 is 1.63 bits per heavy atom. The first-order chi connectivity index (χ1) is 9.22. The zero-order valence-electron chi connectivity index (χ0n) is 11.2. The van der Waals surface area contributed by atoms with Crippen LogP contribution in [0.15, 0.2) is 42.7 Å². The molecule has 0 spiro atoms. The maximum atomic E-state index is 6.20. The zero-order valence-corrected chi connectivity index (χ0v) is 11.2. The molecule has 1 unspecified atom stereocenters. The number of nitrogens with two attached hydrogens (primary N) is 1. The standard InChI is InChI=1S/C15H18N2O2/c1-18-13-7-11(8-14(10-13)19-2)9-15(16)12-3-5-17-6-4-12/h3-8,10,15H,9,16H2,1-2H3. The number of nitrogens with zero attached hydrogens (tertiary/aromatic N) is 1. The number of hydrogen-bond donors (Lipinski definition) is 1. The fourth-order valence-corrected chi connectivity index (χ4v) is 1.97. The van der Waals surface area contributed by atoms with Crippen LogP contribution in [0.3, 0.4) is 0 Å². The molecule has 0 fully saturated rings. The summed E-state index contributed by atoms with van der Waals surface area (Å²) in [4.78, 5) is 3.99. The van der Waals surface area contributed by atoms with E-state index in [4.69, 9.17) is 15.2 Å². The third kappa shape index (κ3) is 3.45. The van der Waals surface area contributed by atoms with E-state index in [9.17, 15) is 0 Å². The number of methoxy groups -OCH3 is 2. The second kappa shape index (κ2) is 6.20. The number of ether oxygens (including phenoxy) is 2. The molecule has 4 nitrogen and oxygen atoms in total. The van der Waals surface area contributed by atoms with Crippen molar-refractivity contribution in [3.8, 4) is 11.5 Å². The minimum Gasteiger partial charge on any atom is -0.497 e. The molecule has 0 saturated carbocycles. The van der Waals surface area contributed by atoms with Crippen molar-refractivity contribution in [3.63, 3.8) is 0 Å². The van der Waals surface area contributed by atoms with Gasteiger partial charge < -0.3 is 15.2 Å². The van der Waals surface area contributed by atoms with Crippen molar-refractivity contribution in [2.45, 2.75) is 12.5 Å². The average Bonchev–Trinajstić information content (AvgIpc) is 2.47. The van der Waals surface area contributed by atoms with E-state index in [0.717, 1.165) is 29.0 Å². The summed E-state index contributed by atoms with van der Waals surface area (Å²) in [5.41, 5.74) is 8.35.